The second kappa shape index (κ2) is 7.41. The SMILES string of the molecule is COc1ccc(C2NC(=O)NC(C)=C2C(=O)OCC(F)(F)C(F)(F)F)cc1. The predicted molar refractivity (Wildman–Crippen MR) is 82.1 cm³/mol. The third-order valence-electron chi connectivity index (χ3n) is 3.74. The molecule has 0 radical (unpaired) electrons. The van der Waals surface area contributed by atoms with Crippen LogP contribution < -0.4 is 15.4 Å². The van der Waals surface area contributed by atoms with Gasteiger partial charge >= 0.3 is 24.1 Å². The van der Waals surface area contributed by atoms with Crippen molar-refractivity contribution in [2.45, 2.75) is 25.1 Å². The number of hydrogen-bond donors (Lipinski definition) is 2. The van der Waals surface area contributed by atoms with Crippen LogP contribution >= 0.6 is 0 Å². The maximum atomic E-state index is 13.0. The van der Waals surface area contributed by atoms with Crippen LogP contribution in [0.15, 0.2) is 35.5 Å². The third-order valence-corrected chi connectivity index (χ3v) is 3.74. The number of halogens is 5. The summed E-state index contributed by atoms with van der Waals surface area (Å²) in [7, 11) is 1.43. The van der Waals surface area contributed by atoms with Crippen molar-refractivity contribution >= 4 is 12.0 Å². The molecule has 1 aromatic rings. The molecule has 0 fully saturated rings. The highest BCUT2D eigenvalue weighted by molar-refractivity contribution is 5.95. The summed E-state index contributed by atoms with van der Waals surface area (Å²) in [6, 6.07) is 4.28. The summed E-state index contributed by atoms with van der Waals surface area (Å²) in [6.45, 7) is -0.872. The fourth-order valence-electron chi connectivity index (χ4n) is 2.33. The van der Waals surface area contributed by atoms with Gasteiger partial charge in [0.1, 0.15) is 5.75 Å². The number of urea groups is 1. The summed E-state index contributed by atoms with van der Waals surface area (Å²) in [4.78, 5) is 23.9. The quantitative estimate of drug-likeness (QED) is 0.595. The molecule has 0 saturated carbocycles. The van der Waals surface area contributed by atoms with Gasteiger partial charge in [0, 0.05) is 5.70 Å². The Morgan fingerprint density at radius 1 is 1.15 bits per heavy atom. The first-order chi connectivity index (χ1) is 12.5. The second-order valence-corrected chi connectivity index (χ2v) is 5.62. The van der Waals surface area contributed by atoms with Crippen molar-refractivity contribution in [1.82, 2.24) is 10.6 Å². The maximum absolute atomic E-state index is 13.0. The average Bonchev–Trinajstić information content (AvgIpc) is 2.58. The van der Waals surface area contributed by atoms with E-state index in [0.717, 1.165) is 0 Å². The van der Waals surface area contributed by atoms with Gasteiger partial charge in [0.05, 0.1) is 18.7 Å². The summed E-state index contributed by atoms with van der Waals surface area (Å²) < 4.78 is 71.9. The minimum atomic E-state index is -5.86. The Balaban J connectivity index is 2.28. The smallest absolute Gasteiger partial charge is 0.456 e. The number of hydrogen-bond acceptors (Lipinski definition) is 4. The molecule has 1 aromatic carbocycles. The van der Waals surface area contributed by atoms with Crippen molar-refractivity contribution in [2.75, 3.05) is 13.7 Å². The molecule has 0 spiro atoms. The number of amides is 2. The van der Waals surface area contributed by atoms with E-state index in [2.05, 4.69) is 15.4 Å². The van der Waals surface area contributed by atoms with Gasteiger partial charge in [-0.1, -0.05) is 12.1 Å². The molecule has 27 heavy (non-hydrogen) atoms. The van der Waals surface area contributed by atoms with E-state index in [-0.39, 0.29) is 11.3 Å². The van der Waals surface area contributed by atoms with Crippen molar-refractivity contribution in [3.63, 3.8) is 0 Å². The Hall–Kier alpha value is -2.85. The van der Waals surface area contributed by atoms with Crippen LogP contribution in [0.3, 0.4) is 0 Å². The fourth-order valence-corrected chi connectivity index (χ4v) is 2.33. The van der Waals surface area contributed by atoms with Crippen LogP contribution in [0, 0.1) is 0 Å². The van der Waals surface area contributed by atoms with Crippen LogP contribution in [0.4, 0.5) is 26.7 Å². The first-order valence-corrected chi connectivity index (χ1v) is 7.50. The standard InChI is InChI=1S/C16H15F5N2O4/c1-8-11(13(24)27-7-15(17,18)16(19,20)21)12(23-14(25)22-8)9-3-5-10(26-2)6-4-9/h3-6,12H,7H2,1-2H3,(H2,22,23,25). The Kier molecular flexibility index (Phi) is 5.62. The van der Waals surface area contributed by atoms with Gasteiger partial charge in [0.2, 0.25) is 0 Å². The summed E-state index contributed by atoms with van der Waals surface area (Å²) in [5.41, 5.74) is 0.0529. The largest absolute Gasteiger partial charge is 0.497 e. The topological polar surface area (TPSA) is 76.7 Å². The Morgan fingerprint density at radius 3 is 2.26 bits per heavy atom. The molecule has 2 N–H and O–H groups in total. The molecular weight excluding hydrogens is 379 g/mol. The van der Waals surface area contributed by atoms with Gasteiger partial charge in [-0.25, -0.2) is 9.59 Å². The minimum absolute atomic E-state index is 0.0279. The van der Waals surface area contributed by atoms with Gasteiger partial charge < -0.3 is 20.1 Å². The number of methoxy groups -OCH3 is 1. The van der Waals surface area contributed by atoms with Crippen LogP contribution in [-0.2, 0) is 9.53 Å². The molecule has 6 nitrogen and oxygen atoms in total. The van der Waals surface area contributed by atoms with E-state index < -0.39 is 36.7 Å². The lowest BCUT2D eigenvalue weighted by Gasteiger charge is -2.28. The van der Waals surface area contributed by atoms with Crippen molar-refractivity contribution in [3.8, 4) is 5.75 Å². The number of benzene rings is 1. The Bertz CT molecular complexity index is 759. The van der Waals surface area contributed by atoms with E-state index in [1.807, 2.05) is 0 Å². The maximum Gasteiger partial charge on any atom is 0.456 e. The first kappa shape index (κ1) is 20.5. The third kappa shape index (κ3) is 4.47. The number of alkyl halides is 5. The molecule has 0 aromatic heterocycles. The molecule has 11 heteroatoms. The number of allylic oxidation sites excluding steroid dienone is 1. The van der Waals surface area contributed by atoms with E-state index in [4.69, 9.17) is 4.74 Å². The summed E-state index contributed by atoms with van der Waals surface area (Å²) in [5, 5.41) is 4.65. The number of rotatable bonds is 5. The van der Waals surface area contributed by atoms with Gasteiger partial charge in [-0.2, -0.15) is 22.0 Å². The van der Waals surface area contributed by atoms with Crippen molar-refractivity contribution in [3.05, 3.63) is 41.1 Å². The van der Waals surface area contributed by atoms with E-state index in [1.165, 1.54) is 38.3 Å². The molecule has 1 aliphatic heterocycles. The van der Waals surface area contributed by atoms with E-state index in [9.17, 15) is 31.5 Å². The number of carbonyl (C=O) groups is 2. The van der Waals surface area contributed by atoms with Crippen LogP contribution in [-0.4, -0.2) is 37.8 Å². The molecule has 1 aliphatic rings. The molecule has 1 unspecified atom stereocenters. The molecular formula is C16H15F5N2O4. The van der Waals surface area contributed by atoms with Crippen LogP contribution in [0.1, 0.15) is 18.5 Å². The van der Waals surface area contributed by atoms with Crippen molar-refractivity contribution in [2.24, 2.45) is 0 Å². The average molecular weight is 394 g/mol. The zero-order valence-corrected chi connectivity index (χ0v) is 14.1. The van der Waals surface area contributed by atoms with Gasteiger partial charge in [0.25, 0.3) is 0 Å². The fraction of sp³-hybridized carbons (Fsp3) is 0.375. The van der Waals surface area contributed by atoms with Gasteiger partial charge in [0.15, 0.2) is 6.61 Å². The van der Waals surface area contributed by atoms with Crippen LogP contribution in [0.25, 0.3) is 0 Å². The van der Waals surface area contributed by atoms with Crippen LogP contribution in [0.2, 0.25) is 0 Å². The molecule has 2 amide bonds. The van der Waals surface area contributed by atoms with Gasteiger partial charge in [-0.3, -0.25) is 0 Å². The zero-order valence-electron chi connectivity index (χ0n) is 14.1. The molecule has 0 bridgehead atoms. The molecule has 148 valence electrons. The summed E-state index contributed by atoms with van der Waals surface area (Å²) in [5.74, 6) is -6.13. The highest BCUT2D eigenvalue weighted by atomic mass is 19.4. The Morgan fingerprint density at radius 2 is 1.74 bits per heavy atom. The van der Waals surface area contributed by atoms with E-state index in [0.29, 0.717) is 11.3 Å². The molecule has 0 aliphatic carbocycles. The van der Waals surface area contributed by atoms with E-state index in [1.54, 1.807) is 0 Å². The van der Waals surface area contributed by atoms with Gasteiger partial charge in [-0.15, -0.1) is 0 Å². The first-order valence-electron chi connectivity index (χ1n) is 7.50. The van der Waals surface area contributed by atoms with Crippen molar-refractivity contribution in [1.29, 1.82) is 0 Å². The summed E-state index contributed by atoms with van der Waals surface area (Å²) in [6.07, 6.45) is -5.86. The number of esters is 1. The normalized spacial score (nSPS) is 17.9. The molecule has 1 heterocycles. The monoisotopic (exact) mass is 394 g/mol. The molecule has 2 rings (SSSR count). The molecule has 0 saturated heterocycles. The summed E-state index contributed by atoms with van der Waals surface area (Å²) >= 11 is 0. The predicted octanol–water partition coefficient (Wildman–Crippen LogP) is 3.06. The van der Waals surface area contributed by atoms with E-state index >= 15 is 0 Å². The lowest BCUT2D eigenvalue weighted by atomic mass is 9.95. The molecule has 1 atom stereocenters. The zero-order chi connectivity index (χ0) is 20.4. The number of nitrogens with one attached hydrogen (secondary N) is 2. The highest BCUT2D eigenvalue weighted by Gasteiger charge is 2.58. The second-order valence-electron chi connectivity index (χ2n) is 5.62. The van der Waals surface area contributed by atoms with Gasteiger partial charge in [-0.05, 0) is 24.6 Å². The number of ether oxygens (including phenoxy) is 2. The van der Waals surface area contributed by atoms with Crippen molar-refractivity contribution < 1.29 is 41.0 Å². The lowest BCUT2D eigenvalue weighted by Crippen LogP contribution is -2.46. The highest BCUT2D eigenvalue weighted by Crippen LogP contribution is 2.36. The number of carbonyl (C=O) groups excluding carboxylic acids is 2. The Labute approximate surface area is 150 Å². The van der Waals surface area contributed by atoms with Crippen LogP contribution in [0.5, 0.6) is 5.75 Å². The lowest BCUT2D eigenvalue weighted by molar-refractivity contribution is -0.293. The minimum Gasteiger partial charge on any atom is -0.497 e.